The summed E-state index contributed by atoms with van der Waals surface area (Å²) in [6.45, 7) is 7.37. The van der Waals surface area contributed by atoms with Gasteiger partial charge in [-0.25, -0.2) is 9.97 Å². The predicted octanol–water partition coefficient (Wildman–Crippen LogP) is 6.22. The smallest absolute Gasteiger partial charge is 0.396 e. The van der Waals surface area contributed by atoms with E-state index in [0.717, 1.165) is 45.8 Å². The molecule has 1 atom stereocenters. The Morgan fingerprint density at radius 1 is 0.976 bits per heavy atom. The van der Waals surface area contributed by atoms with Gasteiger partial charge in [-0.15, -0.1) is 11.3 Å². The molecule has 0 aliphatic rings. The Morgan fingerprint density at radius 3 is 2.32 bits per heavy atom. The average Bonchev–Trinajstić information content (AvgIpc) is 3.32. The monoisotopic (exact) mass is 591 g/mol. The predicted molar refractivity (Wildman–Crippen MR) is 157 cm³/mol. The highest BCUT2D eigenvalue weighted by molar-refractivity contribution is 7.21. The summed E-state index contributed by atoms with van der Waals surface area (Å²) in [7, 11) is 0. The maximum Gasteiger partial charge on any atom is 0.416 e. The van der Waals surface area contributed by atoms with Crippen molar-refractivity contribution in [1.29, 1.82) is 0 Å². The van der Waals surface area contributed by atoms with Crippen LogP contribution in [0.5, 0.6) is 0 Å². The van der Waals surface area contributed by atoms with E-state index in [1.165, 1.54) is 19.9 Å². The van der Waals surface area contributed by atoms with Crippen molar-refractivity contribution in [1.82, 2.24) is 15.0 Å². The molecule has 2 aromatic carbocycles. The van der Waals surface area contributed by atoms with Gasteiger partial charge in [0.1, 0.15) is 10.8 Å². The molecule has 2 heterocycles. The minimum absolute atomic E-state index is 0.121. The molecule has 0 radical (unpaired) electrons. The molecule has 1 unspecified atom stereocenters. The van der Waals surface area contributed by atoms with E-state index < -0.39 is 17.5 Å². The Hall–Kier alpha value is -3.32. The number of hydrogen-bond acceptors (Lipinski definition) is 9. The molecular formula is C29H36F3N5O3S. The fourth-order valence-electron chi connectivity index (χ4n) is 3.87. The maximum absolute atomic E-state index is 13.1. The molecule has 0 spiro atoms. The number of para-hydroxylation sites is 1. The first kappa shape index (κ1) is 32.2. The number of alkyl halides is 3. The first-order chi connectivity index (χ1) is 19.3. The second-order valence-electron chi connectivity index (χ2n) is 10.1. The Labute approximate surface area is 241 Å². The fourth-order valence-corrected chi connectivity index (χ4v) is 4.94. The molecule has 0 amide bonds. The van der Waals surface area contributed by atoms with Gasteiger partial charge < -0.3 is 26.0 Å². The lowest BCUT2D eigenvalue weighted by Crippen LogP contribution is -2.15. The van der Waals surface area contributed by atoms with Crippen LogP contribution in [0.25, 0.3) is 20.8 Å². The molecule has 0 aliphatic carbocycles. The van der Waals surface area contributed by atoms with Crippen LogP contribution < -0.4 is 10.6 Å². The molecule has 8 nitrogen and oxygen atoms in total. The number of halogens is 3. The Morgan fingerprint density at radius 2 is 1.68 bits per heavy atom. The Balaban J connectivity index is 0.000000850. The van der Waals surface area contributed by atoms with Crippen LogP contribution in [-0.2, 0) is 12.7 Å². The van der Waals surface area contributed by atoms with Crippen LogP contribution in [0.3, 0.4) is 0 Å². The molecular weight excluding hydrogens is 555 g/mol. The summed E-state index contributed by atoms with van der Waals surface area (Å²) in [5, 5.41) is 32.9. The van der Waals surface area contributed by atoms with Crippen LogP contribution in [0.15, 0.2) is 48.5 Å². The van der Waals surface area contributed by atoms with Gasteiger partial charge in [-0.05, 0) is 62.9 Å². The van der Waals surface area contributed by atoms with Gasteiger partial charge in [0.25, 0.3) is 0 Å². The Bertz CT molecular complexity index is 1380. The van der Waals surface area contributed by atoms with E-state index in [1.807, 2.05) is 38.1 Å². The van der Waals surface area contributed by atoms with Gasteiger partial charge in [0.05, 0.1) is 27.0 Å². The number of aliphatic hydroxyl groups excluding tert-OH is 1. The largest absolute Gasteiger partial charge is 0.416 e. The van der Waals surface area contributed by atoms with Crippen LogP contribution >= 0.6 is 11.3 Å². The number of hydrogen-bond donors (Lipinski definition) is 5. The first-order valence-electron chi connectivity index (χ1n) is 13.2. The van der Waals surface area contributed by atoms with E-state index >= 15 is 0 Å². The van der Waals surface area contributed by atoms with Gasteiger partial charge in [0.15, 0.2) is 5.79 Å². The van der Waals surface area contributed by atoms with E-state index in [-0.39, 0.29) is 19.1 Å². The normalized spacial score (nSPS) is 12.5. The zero-order chi connectivity index (χ0) is 30.2. The molecule has 0 aliphatic heterocycles. The van der Waals surface area contributed by atoms with Crippen LogP contribution in [0.1, 0.15) is 50.4 Å². The summed E-state index contributed by atoms with van der Waals surface area (Å²) in [5.41, 5.74) is 2.16. The standard InChI is InChI=1S/C26H28F3N5OS.C3H8O2/c1-3-17(15-35)11-12-30-23-22(24-33-20-9-4-5-10-21(20)36-24)16(2)32-25(34-23)31-14-18-7-6-8-19(13-18)26(27,28)29;1-3(2,4)5/h4-10,13,17,35H,3,11-12,14-15H2,1-2H3,(H2,30,31,32,34);4-5H,1-2H3. The second kappa shape index (κ2) is 14.0. The maximum atomic E-state index is 13.1. The highest BCUT2D eigenvalue weighted by Crippen LogP contribution is 2.36. The number of aliphatic hydroxyl groups is 3. The van der Waals surface area contributed by atoms with Crippen molar-refractivity contribution < 1.29 is 28.5 Å². The third-order valence-electron chi connectivity index (χ3n) is 5.98. The summed E-state index contributed by atoms with van der Waals surface area (Å²) in [5.74, 6) is -0.405. The minimum Gasteiger partial charge on any atom is -0.396 e. The zero-order valence-electron chi connectivity index (χ0n) is 23.5. The van der Waals surface area contributed by atoms with Crippen LogP contribution in [0.4, 0.5) is 24.9 Å². The molecule has 0 bridgehead atoms. The summed E-state index contributed by atoms with van der Waals surface area (Å²) in [6.07, 6.45) is -2.76. The number of anilines is 2. The van der Waals surface area contributed by atoms with Gasteiger partial charge in [0, 0.05) is 19.7 Å². The van der Waals surface area contributed by atoms with Crippen LogP contribution in [-0.4, -0.2) is 49.2 Å². The van der Waals surface area contributed by atoms with Crippen molar-refractivity contribution in [3.8, 4) is 10.6 Å². The van der Waals surface area contributed by atoms with Crippen molar-refractivity contribution in [2.24, 2.45) is 5.92 Å². The van der Waals surface area contributed by atoms with Gasteiger partial charge in [-0.3, -0.25) is 0 Å². The number of benzene rings is 2. The molecule has 0 saturated heterocycles. The van der Waals surface area contributed by atoms with E-state index in [0.29, 0.717) is 29.6 Å². The number of aromatic nitrogens is 3. The molecule has 222 valence electrons. The lowest BCUT2D eigenvalue weighted by molar-refractivity contribution is -0.137. The molecule has 0 saturated carbocycles. The highest BCUT2D eigenvalue weighted by Gasteiger charge is 2.30. The van der Waals surface area contributed by atoms with Gasteiger partial charge in [0.2, 0.25) is 5.95 Å². The van der Waals surface area contributed by atoms with E-state index in [1.54, 1.807) is 17.4 Å². The zero-order valence-corrected chi connectivity index (χ0v) is 24.3. The average molecular weight is 592 g/mol. The third kappa shape index (κ3) is 9.92. The highest BCUT2D eigenvalue weighted by atomic mass is 32.1. The summed E-state index contributed by atoms with van der Waals surface area (Å²) in [4.78, 5) is 14.0. The molecule has 12 heteroatoms. The number of aryl methyl sites for hydroxylation is 1. The van der Waals surface area contributed by atoms with Gasteiger partial charge >= 0.3 is 6.18 Å². The van der Waals surface area contributed by atoms with Crippen LogP contribution in [0.2, 0.25) is 0 Å². The number of nitrogens with one attached hydrogen (secondary N) is 2. The molecule has 4 aromatic rings. The molecule has 2 aromatic heterocycles. The molecule has 5 N–H and O–H groups in total. The van der Waals surface area contributed by atoms with Crippen molar-refractivity contribution in [3.05, 3.63) is 65.4 Å². The molecule has 4 rings (SSSR count). The molecule has 41 heavy (non-hydrogen) atoms. The SMILES string of the molecule is CC(C)(O)O.CCC(CO)CCNc1nc(NCc2cccc(C(F)(F)F)c2)nc(C)c1-c1nc2ccccc2s1. The first-order valence-corrected chi connectivity index (χ1v) is 14.0. The quantitative estimate of drug-likeness (QED) is 0.138. The number of thiazole rings is 1. The van der Waals surface area contributed by atoms with Crippen LogP contribution in [0, 0.1) is 12.8 Å². The lowest BCUT2D eigenvalue weighted by atomic mass is 10.0. The van der Waals surface area contributed by atoms with Gasteiger partial charge in [-0.2, -0.15) is 18.2 Å². The molecule has 0 fully saturated rings. The lowest BCUT2D eigenvalue weighted by Gasteiger charge is -2.16. The van der Waals surface area contributed by atoms with Crippen molar-refractivity contribution in [2.75, 3.05) is 23.8 Å². The Kier molecular flexibility index (Phi) is 11.0. The fraction of sp³-hybridized carbons (Fsp3) is 0.414. The number of rotatable bonds is 10. The minimum atomic E-state index is -4.40. The summed E-state index contributed by atoms with van der Waals surface area (Å²) in [6, 6.07) is 13.1. The van der Waals surface area contributed by atoms with Crippen molar-refractivity contribution >= 4 is 33.3 Å². The van der Waals surface area contributed by atoms with Gasteiger partial charge in [-0.1, -0.05) is 37.6 Å². The second-order valence-corrected chi connectivity index (χ2v) is 11.1. The number of nitrogens with zero attached hydrogens (tertiary/aromatic N) is 3. The van der Waals surface area contributed by atoms with Crippen molar-refractivity contribution in [3.63, 3.8) is 0 Å². The van der Waals surface area contributed by atoms with Crippen molar-refractivity contribution in [2.45, 2.75) is 59.0 Å². The van der Waals surface area contributed by atoms with E-state index in [4.69, 9.17) is 15.2 Å². The third-order valence-corrected chi connectivity index (χ3v) is 7.04. The van der Waals surface area contributed by atoms with E-state index in [2.05, 4.69) is 20.6 Å². The summed E-state index contributed by atoms with van der Waals surface area (Å²) < 4.78 is 40.3. The number of fused-ring (bicyclic) bond motifs is 1. The topological polar surface area (TPSA) is 123 Å². The van der Waals surface area contributed by atoms with E-state index in [9.17, 15) is 18.3 Å². The summed E-state index contributed by atoms with van der Waals surface area (Å²) >= 11 is 1.55.